The maximum atomic E-state index is 12.8. The molecule has 1 atom stereocenters. The Bertz CT molecular complexity index is 1060. The third kappa shape index (κ3) is 4.33. The Hall–Kier alpha value is -2.86. The van der Waals surface area contributed by atoms with Crippen LogP contribution in [0.25, 0.3) is 5.69 Å². The third-order valence-corrected chi connectivity index (χ3v) is 6.38. The van der Waals surface area contributed by atoms with E-state index in [1.54, 1.807) is 24.3 Å². The van der Waals surface area contributed by atoms with E-state index in [0.29, 0.717) is 11.3 Å². The first-order valence-corrected chi connectivity index (χ1v) is 11.2. The Balaban J connectivity index is 1.54. The number of ketones is 1. The van der Waals surface area contributed by atoms with Crippen molar-refractivity contribution >= 4 is 29.1 Å². The summed E-state index contributed by atoms with van der Waals surface area (Å²) in [6, 6.07) is 17.2. The van der Waals surface area contributed by atoms with Gasteiger partial charge in [-0.1, -0.05) is 30.0 Å². The number of carbonyl (C=O) groups excluding carboxylic acids is 2. The van der Waals surface area contributed by atoms with Crippen molar-refractivity contribution < 1.29 is 9.59 Å². The van der Waals surface area contributed by atoms with Crippen LogP contribution in [-0.4, -0.2) is 26.5 Å². The number of fused-ring (bicyclic) bond motifs is 1. The molecule has 5 nitrogen and oxygen atoms in total. The van der Waals surface area contributed by atoms with Gasteiger partial charge in [-0.05, 0) is 75.9 Å². The highest BCUT2D eigenvalue weighted by Gasteiger charge is 2.24. The fraction of sp³-hybridized carbons (Fsp3) is 0.292. The molecule has 2 aromatic carbocycles. The van der Waals surface area contributed by atoms with Crippen molar-refractivity contribution in [3.05, 3.63) is 71.5 Å². The predicted octanol–water partition coefficient (Wildman–Crippen LogP) is 5.07. The number of aromatic nitrogens is 2. The van der Waals surface area contributed by atoms with Gasteiger partial charge in [-0.2, -0.15) is 0 Å². The minimum absolute atomic E-state index is 0.00788. The highest BCUT2D eigenvalue weighted by molar-refractivity contribution is 8.00. The molecule has 0 radical (unpaired) electrons. The van der Waals surface area contributed by atoms with E-state index in [1.807, 2.05) is 25.1 Å². The van der Waals surface area contributed by atoms with E-state index in [1.165, 1.54) is 30.8 Å². The van der Waals surface area contributed by atoms with Crippen LogP contribution in [0.15, 0.2) is 59.8 Å². The van der Waals surface area contributed by atoms with Gasteiger partial charge < -0.3 is 5.32 Å². The lowest BCUT2D eigenvalue weighted by atomic mass is 10.0. The first-order valence-electron chi connectivity index (χ1n) is 10.3. The summed E-state index contributed by atoms with van der Waals surface area (Å²) < 4.78 is 2.21. The van der Waals surface area contributed by atoms with Crippen LogP contribution < -0.4 is 5.32 Å². The van der Waals surface area contributed by atoms with Gasteiger partial charge in [0.1, 0.15) is 0 Å². The van der Waals surface area contributed by atoms with Crippen molar-refractivity contribution in [1.82, 2.24) is 9.55 Å². The monoisotopic (exact) mass is 419 g/mol. The zero-order chi connectivity index (χ0) is 21.1. The molecule has 154 valence electrons. The topological polar surface area (TPSA) is 64.0 Å². The van der Waals surface area contributed by atoms with Crippen LogP contribution in [0.3, 0.4) is 0 Å². The van der Waals surface area contributed by atoms with Crippen molar-refractivity contribution in [2.24, 2.45) is 0 Å². The quantitative estimate of drug-likeness (QED) is 0.447. The van der Waals surface area contributed by atoms with Gasteiger partial charge >= 0.3 is 0 Å². The van der Waals surface area contributed by atoms with Crippen molar-refractivity contribution in [1.29, 1.82) is 0 Å². The summed E-state index contributed by atoms with van der Waals surface area (Å²) in [4.78, 5) is 29.1. The highest BCUT2D eigenvalue weighted by atomic mass is 32.2. The summed E-state index contributed by atoms with van der Waals surface area (Å²) in [5.41, 5.74) is 4.82. The largest absolute Gasteiger partial charge is 0.325 e. The number of amides is 1. The molecular weight excluding hydrogens is 394 g/mol. The van der Waals surface area contributed by atoms with Gasteiger partial charge in [0.25, 0.3) is 0 Å². The van der Waals surface area contributed by atoms with Crippen LogP contribution in [0.4, 0.5) is 5.69 Å². The number of nitrogens with zero attached hydrogens (tertiary/aromatic N) is 2. The molecule has 6 heteroatoms. The van der Waals surface area contributed by atoms with Crippen molar-refractivity contribution in [3.8, 4) is 5.69 Å². The molecule has 1 aliphatic rings. The number of thioether (sulfide) groups is 1. The molecule has 0 fully saturated rings. The number of rotatable bonds is 6. The Labute approximate surface area is 180 Å². The van der Waals surface area contributed by atoms with Crippen molar-refractivity contribution in [3.63, 3.8) is 0 Å². The van der Waals surface area contributed by atoms with E-state index in [2.05, 4.69) is 22.0 Å². The maximum absolute atomic E-state index is 12.8. The van der Waals surface area contributed by atoms with E-state index in [-0.39, 0.29) is 16.9 Å². The van der Waals surface area contributed by atoms with Gasteiger partial charge in [-0.25, -0.2) is 4.98 Å². The summed E-state index contributed by atoms with van der Waals surface area (Å²) in [6.07, 6.45) is 4.34. The zero-order valence-corrected chi connectivity index (χ0v) is 18.0. The zero-order valence-electron chi connectivity index (χ0n) is 17.2. The third-order valence-electron chi connectivity index (χ3n) is 5.33. The molecule has 3 aromatic rings. The Morgan fingerprint density at radius 2 is 1.73 bits per heavy atom. The fourth-order valence-corrected chi connectivity index (χ4v) is 4.65. The van der Waals surface area contributed by atoms with E-state index in [0.717, 1.165) is 35.8 Å². The number of imidazole rings is 1. The standard InChI is InChI=1S/C24H25N3O2S/c1-16(28)18-12-14-19(15-13-18)25-23(29)17(2)30-24-26-21-10-6-7-11-22(21)27(24)20-8-4-3-5-9-20/h3-5,8-9,12-15,17H,6-7,10-11H2,1-2H3,(H,25,29). The van der Waals surface area contributed by atoms with Gasteiger partial charge in [0, 0.05) is 22.6 Å². The maximum Gasteiger partial charge on any atom is 0.237 e. The molecule has 0 aliphatic heterocycles. The lowest BCUT2D eigenvalue weighted by molar-refractivity contribution is -0.115. The number of benzene rings is 2. The van der Waals surface area contributed by atoms with Crippen molar-refractivity contribution in [2.75, 3.05) is 5.32 Å². The molecule has 4 rings (SSSR count). The second-order valence-electron chi connectivity index (χ2n) is 7.55. The molecule has 1 aromatic heterocycles. The molecule has 0 spiro atoms. The average molecular weight is 420 g/mol. The van der Waals surface area contributed by atoms with E-state index in [4.69, 9.17) is 4.98 Å². The number of hydrogen-bond acceptors (Lipinski definition) is 4. The summed E-state index contributed by atoms with van der Waals surface area (Å²) in [5, 5.41) is 3.49. The molecule has 1 N–H and O–H groups in total. The van der Waals surface area contributed by atoms with E-state index >= 15 is 0 Å². The van der Waals surface area contributed by atoms with Gasteiger partial charge in [-0.15, -0.1) is 0 Å². The summed E-state index contributed by atoms with van der Waals surface area (Å²) in [5.74, 6) is -0.0790. The Kier molecular flexibility index (Phi) is 6.04. The molecule has 1 unspecified atom stereocenters. The van der Waals surface area contributed by atoms with Crippen molar-refractivity contribution in [2.45, 2.75) is 49.9 Å². The normalized spacial score (nSPS) is 14.1. The lowest BCUT2D eigenvalue weighted by Gasteiger charge is -2.16. The predicted molar refractivity (Wildman–Crippen MR) is 121 cm³/mol. The molecule has 1 heterocycles. The van der Waals surface area contributed by atoms with Crippen LogP contribution in [0.1, 0.15) is 48.4 Å². The first kappa shape index (κ1) is 20.4. The minimum Gasteiger partial charge on any atom is -0.325 e. The lowest BCUT2D eigenvalue weighted by Crippen LogP contribution is -2.23. The highest BCUT2D eigenvalue weighted by Crippen LogP contribution is 2.32. The average Bonchev–Trinajstić information content (AvgIpc) is 3.12. The second-order valence-corrected chi connectivity index (χ2v) is 8.86. The van der Waals surface area contributed by atoms with Gasteiger partial charge in [0.05, 0.1) is 10.9 Å². The molecule has 30 heavy (non-hydrogen) atoms. The number of para-hydroxylation sites is 1. The molecule has 0 saturated carbocycles. The summed E-state index contributed by atoms with van der Waals surface area (Å²) in [6.45, 7) is 3.42. The SMILES string of the molecule is CC(=O)c1ccc(NC(=O)C(C)Sc2nc3c(n2-c2ccccc2)CCCC3)cc1. The Morgan fingerprint density at radius 3 is 2.43 bits per heavy atom. The van der Waals surface area contributed by atoms with Gasteiger partial charge in [0.15, 0.2) is 10.9 Å². The van der Waals surface area contributed by atoms with Crippen LogP contribution in [0.5, 0.6) is 0 Å². The minimum atomic E-state index is -0.316. The van der Waals surface area contributed by atoms with E-state index in [9.17, 15) is 9.59 Å². The molecule has 0 bridgehead atoms. The molecular formula is C24H25N3O2S. The number of Topliss-reactive ketones (excluding diaryl/α,β-unsaturated/α-hetero) is 1. The fourth-order valence-electron chi connectivity index (χ4n) is 3.68. The van der Waals surface area contributed by atoms with Gasteiger partial charge in [0.2, 0.25) is 5.91 Å². The Morgan fingerprint density at radius 1 is 1.03 bits per heavy atom. The molecule has 1 amide bonds. The number of hydrogen-bond donors (Lipinski definition) is 1. The summed E-state index contributed by atoms with van der Waals surface area (Å²) >= 11 is 1.48. The van der Waals surface area contributed by atoms with Gasteiger partial charge in [-0.3, -0.25) is 14.2 Å². The summed E-state index contributed by atoms with van der Waals surface area (Å²) in [7, 11) is 0. The number of aryl methyl sites for hydroxylation is 1. The number of nitrogens with one attached hydrogen (secondary N) is 1. The van der Waals surface area contributed by atoms with E-state index < -0.39 is 0 Å². The van der Waals surface area contributed by atoms with Crippen LogP contribution >= 0.6 is 11.8 Å². The molecule has 0 saturated heterocycles. The first-order chi connectivity index (χ1) is 14.5. The second kappa shape index (κ2) is 8.88. The van der Waals surface area contributed by atoms with Crippen LogP contribution in [0, 0.1) is 0 Å². The smallest absolute Gasteiger partial charge is 0.237 e. The number of carbonyl (C=O) groups is 2. The number of anilines is 1. The van der Waals surface area contributed by atoms with Crippen LogP contribution in [0.2, 0.25) is 0 Å². The molecule has 1 aliphatic carbocycles. The van der Waals surface area contributed by atoms with Crippen LogP contribution in [-0.2, 0) is 17.6 Å².